The van der Waals surface area contributed by atoms with Gasteiger partial charge < -0.3 is 84.3 Å². The Balaban J connectivity index is 0.00000168. The summed E-state index contributed by atoms with van der Waals surface area (Å²) in [6.07, 6.45) is 0.0749. The van der Waals surface area contributed by atoms with Crippen LogP contribution in [-0.4, -0.2) is 189 Å². The summed E-state index contributed by atoms with van der Waals surface area (Å²) in [5.41, 5.74) is 5.99. The fourth-order valence-electron chi connectivity index (χ4n) is 9.35. The number of hydrogen-bond donors (Lipinski definition) is 13. The van der Waals surface area contributed by atoms with Gasteiger partial charge in [0, 0.05) is 88.3 Å². The first-order valence-electron chi connectivity index (χ1n) is 28.5. The third kappa shape index (κ3) is 39.4. The summed E-state index contributed by atoms with van der Waals surface area (Å²) in [5, 5.41) is 41.6. The van der Waals surface area contributed by atoms with Crippen molar-refractivity contribution in [2.45, 2.75) is 116 Å². The predicted octanol–water partition coefficient (Wildman–Crippen LogP) is 6.71. The number of nitrogens with zero attached hydrogens (tertiary/aromatic N) is 4. The van der Waals surface area contributed by atoms with Gasteiger partial charge in [-0.3, -0.25) is 47.4 Å². The zero-order valence-electron chi connectivity index (χ0n) is 51.1. The smallest absolute Gasteiger partial charge is 0.508 e. The summed E-state index contributed by atoms with van der Waals surface area (Å²) < 4.78 is 69.5. The largest absolute Gasteiger partial charge is 2.00 e. The quantitative estimate of drug-likeness (QED) is 0.00946. The Morgan fingerprint density at radius 2 is 0.633 bits per heavy atom. The minimum atomic E-state index is -4.68. The van der Waals surface area contributed by atoms with Gasteiger partial charge in [0.15, 0.2) is 0 Å². The van der Waals surface area contributed by atoms with E-state index < -0.39 is 67.9 Å². The van der Waals surface area contributed by atoms with E-state index in [0.717, 1.165) is 0 Å². The first-order chi connectivity index (χ1) is 41.6. The zero-order chi connectivity index (χ0) is 65.8. The number of unbranched alkanes of at least 4 members (excludes halogenated alkanes) is 4. The van der Waals surface area contributed by atoms with E-state index in [9.17, 15) is 87.4 Å². The molecular weight excluding hydrogens is 1340 g/mol. The van der Waals surface area contributed by atoms with E-state index in [0.29, 0.717) is 113 Å². The monoisotopic (exact) mass is 1440 g/mol. The van der Waals surface area contributed by atoms with E-state index in [2.05, 4.69) is 5.73 Å². The predicted molar refractivity (Wildman–Crippen MR) is 331 cm³/mol. The van der Waals surface area contributed by atoms with Crippen LogP contribution >= 0.6 is 30.4 Å². The molecule has 0 aliphatic rings. The van der Waals surface area contributed by atoms with Gasteiger partial charge in [-0.2, -0.15) is 0 Å². The van der Waals surface area contributed by atoms with Crippen LogP contribution in [0.15, 0.2) is 97.1 Å². The summed E-state index contributed by atoms with van der Waals surface area (Å²) in [5.74, 6) is -0.292. The van der Waals surface area contributed by atoms with Crippen molar-refractivity contribution >= 4 is 41.9 Å². The van der Waals surface area contributed by atoms with Crippen molar-refractivity contribution in [2.75, 3.05) is 86.1 Å². The molecule has 33 heteroatoms. The van der Waals surface area contributed by atoms with E-state index in [1.807, 2.05) is 0 Å². The van der Waals surface area contributed by atoms with Crippen molar-refractivity contribution in [3.63, 3.8) is 0 Å². The number of carbonyl (C=O) groups is 2. The first-order valence-corrected chi connectivity index (χ1v) is 35.7. The Labute approximate surface area is 548 Å². The van der Waals surface area contributed by atoms with Crippen LogP contribution in [-0.2, 0) is 107 Å². The minimum absolute atomic E-state index is 0. The van der Waals surface area contributed by atoms with Gasteiger partial charge >= 0.3 is 64.5 Å². The number of rotatable bonds is 44. The van der Waals surface area contributed by atoms with Crippen molar-refractivity contribution in [3.8, 4) is 23.0 Å². The fraction of sp³-hybridized carbons (Fsp3) is 0.544. The summed E-state index contributed by atoms with van der Waals surface area (Å²) in [4.78, 5) is 110. The third-order valence-corrected chi connectivity index (χ3v) is 16.3. The van der Waals surface area contributed by atoms with Crippen LogP contribution in [0.4, 0.5) is 0 Å². The minimum Gasteiger partial charge on any atom is -0.508 e. The van der Waals surface area contributed by atoms with Crippen molar-refractivity contribution < 1.29 is 141 Å². The van der Waals surface area contributed by atoms with Crippen LogP contribution < -0.4 is 5.73 Å². The summed E-state index contributed by atoms with van der Waals surface area (Å²) in [7, 11) is -14.1. The van der Waals surface area contributed by atoms with Crippen LogP contribution in [0.2, 0.25) is 0 Å². The molecule has 4 rings (SSSR count). The first kappa shape index (κ1) is 86.7. The normalized spacial score (nSPS) is 12.0. The van der Waals surface area contributed by atoms with Gasteiger partial charge in [0.25, 0.3) is 0 Å². The maximum absolute atomic E-state index is 12.3. The zero-order valence-corrected chi connectivity index (χ0v) is 56.9. The molecule has 0 aliphatic carbocycles. The molecule has 27 nitrogen and oxygen atoms in total. The standard InChI is InChI=1S/2C28H44N2O11P2.CH5N.2Fe/c2*1-40-17-18-41-16-15-25(31)11-3-2-4-14-28(29(21-42(34,35)36)19-23-9-5-7-12-26(23)32)30(22-43(37,38)39)20-24-10-6-8-13-27(24)33;1-2;;/h2*5-10,12-13,28,32-33H,2-4,11,14-22H2,1H3,(H2,34,35,36)(H2,37,38,39);2H2,1H3;;/q;;;2*+2. The van der Waals surface area contributed by atoms with Gasteiger partial charge in [0.2, 0.25) is 0 Å². The fourth-order valence-corrected chi connectivity index (χ4v) is 12.4. The molecule has 0 unspecified atom stereocenters. The average Bonchev–Trinajstić information content (AvgIpc) is 0.915. The Morgan fingerprint density at radius 1 is 0.389 bits per heavy atom. The van der Waals surface area contributed by atoms with Crippen molar-refractivity contribution in [1.82, 2.24) is 19.6 Å². The van der Waals surface area contributed by atoms with E-state index in [1.54, 1.807) is 87.0 Å². The second-order valence-electron chi connectivity index (χ2n) is 20.7. The molecule has 0 aliphatic heterocycles. The van der Waals surface area contributed by atoms with E-state index in [1.165, 1.54) is 50.9 Å². The number of ketones is 2. The SMILES string of the molecule is CN.COCCOCCC(=O)CCCCCC(N(Cc1ccccc1O)CP(=O)(O)O)N(Cc1ccccc1O)CP(=O)(O)O.COCCOCCC(=O)CCCCCC(N(Cc1ccccc1O)CP(=O)(O)O)N(Cc1ccccc1O)CP(=O)(O)O.[Fe+2].[Fe+2]. The molecule has 0 saturated heterocycles. The molecule has 4 aromatic carbocycles. The number of hydrogen-bond acceptors (Lipinski definition) is 19. The molecule has 0 spiro atoms. The molecule has 4 aromatic rings. The number of Topliss-reactive ketones (excluding diaryl/α,β-unsaturated/α-hetero) is 2. The number of benzene rings is 4. The van der Waals surface area contributed by atoms with Crippen LogP contribution in [0.3, 0.4) is 0 Å². The number of ether oxygens (including phenoxy) is 4. The van der Waals surface area contributed by atoms with Gasteiger partial charge in [0.05, 0.1) is 52.0 Å². The molecular formula is C57H93Fe2N5O22P4+4. The van der Waals surface area contributed by atoms with Gasteiger partial charge in [-0.15, -0.1) is 0 Å². The summed E-state index contributed by atoms with van der Waals surface area (Å²) in [6.45, 7) is 1.82. The van der Waals surface area contributed by atoms with Crippen LogP contribution in [0.1, 0.15) is 99.3 Å². The van der Waals surface area contributed by atoms with Crippen LogP contribution in [0, 0.1) is 0 Å². The maximum Gasteiger partial charge on any atom is 2.00 e. The van der Waals surface area contributed by atoms with Crippen LogP contribution in [0.5, 0.6) is 23.0 Å². The Kier molecular flexibility index (Phi) is 45.0. The maximum atomic E-state index is 12.3. The van der Waals surface area contributed by atoms with Gasteiger partial charge in [-0.05, 0) is 57.0 Å². The van der Waals surface area contributed by atoms with Crippen molar-refractivity contribution in [1.29, 1.82) is 0 Å². The van der Waals surface area contributed by atoms with E-state index >= 15 is 0 Å². The van der Waals surface area contributed by atoms with Crippen molar-refractivity contribution in [3.05, 3.63) is 119 Å². The number of methoxy groups -OCH3 is 2. The number of nitrogens with two attached hydrogens (primary N) is 1. The Hall–Kier alpha value is -3.30. The van der Waals surface area contributed by atoms with Gasteiger partial charge in [0.1, 0.15) is 59.7 Å². The molecule has 90 heavy (non-hydrogen) atoms. The molecule has 0 atom stereocenters. The molecule has 0 radical (unpaired) electrons. The van der Waals surface area contributed by atoms with E-state index in [4.69, 9.17) is 18.9 Å². The summed E-state index contributed by atoms with van der Waals surface area (Å²) >= 11 is 0. The second-order valence-corrected chi connectivity index (χ2v) is 27.1. The molecule has 510 valence electrons. The number of carbonyl (C=O) groups excluding carboxylic acids is 2. The average molecular weight is 1440 g/mol. The van der Waals surface area contributed by atoms with Crippen molar-refractivity contribution in [2.24, 2.45) is 5.73 Å². The topological polar surface area (TPSA) is 421 Å². The van der Waals surface area contributed by atoms with Crippen LogP contribution in [0.25, 0.3) is 0 Å². The molecule has 0 amide bonds. The molecule has 0 aromatic heterocycles. The summed E-state index contributed by atoms with van der Waals surface area (Å²) in [6, 6.07) is 25.2. The van der Waals surface area contributed by atoms with Gasteiger partial charge in [-0.1, -0.05) is 98.5 Å². The molecule has 0 fully saturated rings. The number of phenolic OH excluding ortho intramolecular Hbond substituents is 4. The van der Waals surface area contributed by atoms with Gasteiger partial charge in [-0.25, -0.2) is 0 Å². The molecule has 14 N–H and O–H groups in total. The second kappa shape index (κ2) is 46.7. The molecule has 0 saturated carbocycles. The van der Waals surface area contributed by atoms with E-state index in [-0.39, 0.29) is 121 Å². The Bertz CT molecular complexity index is 2500. The number of para-hydroxylation sites is 4. The number of aromatic hydroxyl groups is 4. The number of phenols is 4. The molecule has 0 bridgehead atoms. The third-order valence-electron chi connectivity index (χ3n) is 13.4. The molecule has 0 heterocycles. The Morgan fingerprint density at radius 3 is 0.856 bits per heavy atom.